The molecule has 0 aliphatic carbocycles. The van der Waals surface area contributed by atoms with Gasteiger partial charge < -0.3 is 14.8 Å². The average Bonchev–Trinajstić information content (AvgIpc) is 3.14. The number of methoxy groups -OCH3 is 2. The summed E-state index contributed by atoms with van der Waals surface area (Å²) in [5.74, 6) is 1.12. The zero-order valence-corrected chi connectivity index (χ0v) is 16.9. The van der Waals surface area contributed by atoms with Gasteiger partial charge in [-0.3, -0.25) is 4.79 Å². The first-order valence-corrected chi connectivity index (χ1v) is 9.51. The lowest BCUT2D eigenvalue weighted by molar-refractivity contribution is -0.113. The van der Waals surface area contributed by atoms with Crippen LogP contribution in [-0.4, -0.2) is 46.1 Å². The summed E-state index contributed by atoms with van der Waals surface area (Å²) in [5, 5.41) is 15.2. The van der Waals surface area contributed by atoms with Crippen molar-refractivity contribution in [3.8, 4) is 17.2 Å². The maximum atomic E-state index is 12.4. The topological polar surface area (TPSA) is 91.2 Å². The first-order chi connectivity index (χ1) is 13.5. The second-order valence-corrected chi connectivity index (χ2v) is 7.01. The number of anilines is 1. The molecule has 0 aliphatic heterocycles. The number of hydrogen-bond donors (Lipinski definition) is 1. The molecule has 0 aliphatic rings. The van der Waals surface area contributed by atoms with Gasteiger partial charge in [-0.25, -0.2) is 0 Å². The second kappa shape index (κ2) is 8.75. The number of nitrogens with zero attached hydrogens (tertiary/aromatic N) is 4. The van der Waals surface area contributed by atoms with Gasteiger partial charge in [0.15, 0.2) is 0 Å². The van der Waals surface area contributed by atoms with Crippen LogP contribution in [0.5, 0.6) is 11.5 Å². The number of hydrogen-bond acceptors (Lipinski definition) is 7. The second-order valence-electron chi connectivity index (χ2n) is 6.07. The molecule has 3 rings (SSSR count). The van der Waals surface area contributed by atoms with Gasteiger partial charge in [0, 0.05) is 6.07 Å². The SMILES string of the molecule is COc1ccc(OC)c(NC(=O)CSc2nnnn2-c2ccc(C)cc2C)c1. The third-order valence-electron chi connectivity index (χ3n) is 4.03. The normalized spacial score (nSPS) is 10.6. The Bertz CT molecular complexity index is 989. The lowest BCUT2D eigenvalue weighted by atomic mass is 10.1. The number of rotatable bonds is 7. The van der Waals surface area contributed by atoms with E-state index in [4.69, 9.17) is 9.47 Å². The molecule has 0 fully saturated rings. The number of benzene rings is 2. The molecule has 146 valence electrons. The molecule has 0 atom stereocenters. The Hall–Kier alpha value is -3.07. The van der Waals surface area contributed by atoms with Gasteiger partial charge in [-0.1, -0.05) is 29.5 Å². The van der Waals surface area contributed by atoms with Crippen molar-refractivity contribution in [1.82, 2.24) is 20.2 Å². The highest BCUT2D eigenvalue weighted by molar-refractivity contribution is 7.99. The van der Waals surface area contributed by atoms with Crippen molar-refractivity contribution in [2.24, 2.45) is 0 Å². The quantitative estimate of drug-likeness (QED) is 0.611. The van der Waals surface area contributed by atoms with E-state index in [9.17, 15) is 4.79 Å². The predicted molar refractivity (Wildman–Crippen MR) is 108 cm³/mol. The molecule has 3 aromatic rings. The monoisotopic (exact) mass is 399 g/mol. The third kappa shape index (κ3) is 4.42. The van der Waals surface area contributed by atoms with E-state index in [0.717, 1.165) is 16.8 Å². The molecule has 1 heterocycles. The summed E-state index contributed by atoms with van der Waals surface area (Å²) < 4.78 is 12.1. The molecular weight excluding hydrogens is 378 g/mol. The van der Waals surface area contributed by atoms with Crippen LogP contribution >= 0.6 is 11.8 Å². The highest BCUT2D eigenvalue weighted by Crippen LogP contribution is 2.29. The largest absolute Gasteiger partial charge is 0.497 e. The molecule has 0 radical (unpaired) electrons. The van der Waals surface area contributed by atoms with E-state index in [-0.39, 0.29) is 11.7 Å². The van der Waals surface area contributed by atoms with Crippen molar-refractivity contribution in [2.45, 2.75) is 19.0 Å². The Morgan fingerprint density at radius 1 is 1.14 bits per heavy atom. The lowest BCUT2D eigenvalue weighted by Crippen LogP contribution is -2.15. The van der Waals surface area contributed by atoms with Crippen LogP contribution in [0.4, 0.5) is 5.69 Å². The van der Waals surface area contributed by atoms with E-state index in [2.05, 4.69) is 26.9 Å². The van der Waals surface area contributed by atoms with Gasteiger partial charge >= 0.3 is 0 Å². The maximum Gasteiger partial charge on any atom is 0.234 e. The molecule has 0 saturated heterocycles. The van der Waals surface area contributed by atoms with E-state index in [1.165, 1.54) is 11.8 Å². The number of tetrazole rings is 1. The van der Waals surface area contributed by atoms with Crippen molar-refractivity contribution in [1.29, 1.82) is 0 Å². The number of amides is 1. The van der Waals surface area contributed by atoms with Crippen LogP contribution in [0.3, 0.4) is 0 Å². The molecule has 8 nitrogen and oxygen atoms in total. The first-order valence-electron chi connectivity index (χ1n) is 8.52. The van der Waals surface area contributed by atoms with Crippen LogP contribution in [0.1, 0.15) is 11.1 Å². The third-order valence-corrected chi connectivity index (χ3v) is 4.95. The molecular formula is C19H21N5O3S. The van der Waals surface area contributed by atoms with Crippen LogP contribution in [0.15, 0.2) is 41.6 Å². The predicted octanol–water partition coefficient (Wildman–Crippen LogP) is 3.03. The van der Waals surface area contributed by atoms with Gasteiger partial charge in [-0.2, -0.15) is 4.68 Å². The molecule has 0 bridgehead atoms. The Balaban J connectivity index is 1.70. The average molecular weight is 399 g/mol. The van der Waals surface area contributed by atoms with E-state index < -0.39 is 0 Å². The zero-order valence-electron chi connectivity index (χ0n) is 16.1. The van der Waals surface area contributed by atoms with Crippen molar-refractivity contribution < 1.29 is 14.3 Å². The molecule has 2 aromatic carbocycles. The number of aromatic nitrogens is 4. The van der Waals surface area contributed by atoms with Crippen molar-refractivity contribution in [3.05, 3.63) is 47.5 Å². The van der Waals surface area contributed by atoms with Gasteiger partial charge in [0.25, 0.3) is 0 Å². The molecule has 0 spiro atoms. The van der Waals surface area contributed by atoms with Gasteiger partial charge in [0.1, 0.15) is 11.5 Å². The Morgan fingerprint density at radius 3 is 2.68 bits per heavy atom. The Labute approximate surface area is 167 Å². The van der Waals surface area contributed by atoms with Gasteiger partial charge in [-0.05, 0) is 48.0 Å². The van der Waals surface area contributed by atoms with E-state index in [1.807, 2.05) is 26.0 Å². The van der Waals surface area contributed by atoms with Crippen molar-refractivity contribution >= 4 is 23.4 Å². The van der Waals surface area contributed by atoms with Crippen LogP contribution in [-0.2, 0) is 4.79 Å². The number of thioether (sulfide) groups is 1. The maximum absolute atomic E-state index is 12.4. The van der Waals surface area contributed by atoms with E-state index in [0.29, 0.717) is 22.3 Å². The number of ether oxygens (including phenoxy) is 2. The van der Waals surface area contributed by atoms with Crippen molar-refractivity contribution in [2.75, 3.05) is 25.3 Å². The molecule has 1 amide bonds. The minimum atomic E-state index is -0.202. The molecule has 0 saturated carbocycles. The molecule has 28 heavy (non-hydrogen) atoms. The highest BCUT2D eigenvalue weighted by Gasteiger charge is 2.14. The van der Waals surface area contributed by atoms with E-state index in [1.54, 1.807) is 37.1 Å². The van der Waals surface area contributed by atoms with E-state index >= 15 is 0 Å². The minimum Gasteiger partial charge on any atom is -0.497 e. The van der Waals surface area contributed by atoms with Gasteiger partial charge in [0.05, 0.1) is 31.3 Å². The molecule has 9 heteroatoms. The summed E-state index contributed by atoms with van der Waals surface area (Å²) in [6, 6.07) is 11.2. The van der Waals surface area contributed by atoms with Crippen LogP contribution in [0, 0.1) is 13.8 Å². The van der Waals surface area contributed by atoms with Crippen LogP contribution in [0.25, 0.3) is 5.69 Å². The summed E-state index contributed by atoms with van der Waals surface area (Å²) in [5.41, 5.74) is 3.64. The number of carbonyl (C=O) groups excluding carboxylic acids is 1. The van der Waals surface area contributed by atoms with Gasteiger partial charge in [-0.15, -0.1) is 5.10 Å². The lowest BCUT2D eigenvalue weighted by Gasteiger charge is -2.12. The van der Waals surface area contributed by atoms with Crippen LogP contribution in [0.2, 0.25) is 0 Å². The Kier molecular flexibility index (Phi) is 6.15. The summed E-state index contributed by atoms with van der Waals surface area (Å²) in [7, 11) is 3.11. The Morgan fingerprint density at radius 2 is 1.96 bits per heavy atom. The fourth-order valence-corrected chi connectivity index (χ4v) is 3.38. The molecule has 1 aromatic heterocycles. The van der Waals surface area contributed by atoms with Gasteiger partial charge in [0.2, 0.25) is 11.1 Å². The van der Waals surface area contributed by atoms with Crippen LogP contribution < -0.4 is 14.8 Å². The fourth-order valence-electron chi connectivity index (χ4n) is 2.69. The summed E-state index contributed by atoms with van der Waals surface area (Å²) in [6.07, 6.45) is 0. The fraction of sp³-hybridized carbons (Fsp3) is 0.263. The summed E-state index contributed by atoms with van der Waals surface area (Å²) in [4.78, 5) is 12.4. The summed E-state index contributed by atoms with van der Waals surface area (Å²) in [6.45, 7) is 4.03. The summed E-state index contributed by atoms with van der Waals surface area (Å²) >= 11 is 1.25. The number of carbonyl (C=O) groups is 1. The number of nitrogens with one attached hydrogen (secondary N) is 1. The van der Waals surface area contributed by atoms with Crippen molar-refractivity contribution in [3.63, 3.8) is 0 Å². The zero-order chi connectivity index (χ0) is 20.1. The smallest absolute Gasteiger partial charge is 0.234 e. The standard InChI is InChI=1S/C19H21N5O3S/c1-12-5-7-16(13(2)9-12)24-19(21-22-23-24)28-11-18(25)20-15-10-14(26-3)6-8-17(15)27-4/h5-10H,11H2,1-4H3,(H,20,25). The molecule has 0 unspecified atom stereocenters. The highest BCUT2D eigenvalue weighted by atomic mass is 32.2. The minimum absolute atomic E-state index is 0.144. The molecule has 1 N–H and O–H groups in total. The first kappa shape index (κ1) is 19.7. The number of aryl methyl sites for hydroxylation is 2.